The van der Waals surface area contributed by atoms with E-state index in [1.54, 1.807) is 6.08 Å². The molecular weight excluding hydrogens is 196 g/mol. The maximum Gasteiger partial charge on any atom is 0.331 e. The molecule has 0 aromatic heterocycles. The minimum Gasteiger partial charge on any atom is -0.457 e. The average molecular weight is 214 g/mol. The number of rotatable bonds is 1. The molecule has 80 valence electrons. The van der Waals surface area contributed by atoms with Crippen molar-refractivity contribution >= 4 is 17.7 Å². The number of esters is 1. The second-order valence-corrected chi connectivity index (χ2v) is 5.60. The van der Waals surface area contributed by atoms with Crippen LogP contribution in [0.25, 0.3) is 0 Å². The lowest BCUT2D eigenvalue weighted by atomic mass is 10.1. The summed E-state index contributed by atoms with van der Waals surface area (Å²) in [6, 6.07) is 0. The zero-order valence-corrected chi connectivity index (χ0v) is 9.95. The van der Waals surface area contributed by atoms with Crippen LogP contribution in [0.3, 0.4) is 0 Å². The Morgan fingerprint density at radius 2 is 2.21 bits per heavy atom. The van der Waals surface area contributed by atoms with Gasteiger partial charge in [-0.25, -0.2) is 4.79 Å². The number of hydrogen-bond donors (Lipinski definition) is 0. The van der Waals surface area contributed by atoms with Gasteiger partial charge >= 0.3 is 5.97 Å². The van der Waals surface area contributed by atoms with Gasteiger partial charge in [-0.3, -0.25) is 0 Å². The van der Waals surface area contributed by atoms with Gasteiger partial charge in [0.15, 0.2) is 0 Å². The third-order valence-electron chi connectivity index (χ3n) is 1.80. The van der Waals surface area contributed by atoms with E-state index in [0.29, 0.717) is 0 Å². The van der Waals surface area contributed by atoms with Crippen molar-refractivity contribution in [2.45, 2.75) is 39.2 Å². The molecule has 0 atom stereocenters. The van der Waals surface area contributed by atoms with Gasteiger partial charge in [0.1, 0.15) is 5.60 Å². The molecule has 0 bridgehead atoms. The smallest absolute Gasteiger partial charge is 0.331 e. The second-order valence-electron chi connectivity index (χ2n) is 4.49. The van der Waals surface area contributed by atoms with E-state index >= 15 is 0 Å². The first kappa shape index (κ1) is 11.6. The lowest BCUT2D eigenvalue weighted by molar-refractivity contribution is -0.148. The summed E-state index contributed by atoms with van der Waals surface area (Å²) in [4.78, 5) is 11.4. The Bertz CT molecular complexity index is 230. The van der Waals surface area contributed by atoms with Crippen LogP contribution in [0.2, 0.25) is 0 Å². The summed E-state index contributed by atoms with van der Waals surface area (Å²) < 4.78 is 5.22. The zero-order chi connectivity index (χ0) is 10.6. The van der Waals surface area contributed by atoms with E-state index in [1.165, 1.54) is 17.7 Å². The molecule has 0 unspecified atom stereocenters. The molecule has 0 amide bonds. The molecule has 0 radical (unpaired) electrons. The van der Waals surface area contributed by atoms with Gasteiger partial charge in [0.25, 0.3) is 0 Å². The molecule has 0 saturated carbocycles. The summed E-state index contributed by atoms with van der Waals surface area (Å²) in [7, 11) is 0. The first-order valence-electron chi connectivity index (χ1n) is 4.97. The molecule has 2 nitrogen and oxygen atoms in total. The van der Waals surface area contributed by atoms with Gasteiger partial charge in [-0.05, 0) is 39.4 Å². The van der Waals surface area contributed by atoms with Crippen molar-refractivity contribution in [1.29, 1.82) is 0 Å². The SMILES string of the molecule is CC(C)(C)OC(=O)/C=C1/CCCSC1. The quantitative estimate of drug-likeness (QED) is 0.496. The predicted octanol–water partition coefficient (Wildman–Crippen LogP) is 2.78. The monoisotopic (exact) mass is 214 g/mol. The van der Waals surface area contributed by atoms with Crippen LogP contribution in [0.5, 0.6) is 0 Å². The van der Waals surface area contributed by atoms with Crippen molar-refractivity contribution < 1.29 is 9.53 Å². The van der Waals surface area contributed by atoms with Crippen molar-refractivity contribution in [3.8, 4) is 0 Å². The van der Waals surface area contributed by atoms with Gasteiger partial charge in [-0.15, -0.1) is 0 Å². The Labute approximate surface area is 90.1 Å². The number of carbonyl (C=O) groups is 1. The molecule has 1 fully saturated rings. The number of ether oxygens (including phenoxy) is 1. The highest BCUT2D eigenvalue weighted by Gasteiger charge is 2.15. The molecule has 0 aromatic carbocycles. The molecule has 0 spiro atoms. The molecule has 1 heterocycles. The van der Waals surface area contributed by atoms with Crippen LogP contribution in [-0.2, 0) is 9.53 Å². The Morgan fingerprint density at radius 3 is 2.71 bits per heavy atom. The minimum absolute atomic E-state index is 0.199. The first-order chi connectivity index (χ1) is 6.47. The van der Waals surface area contributed by atoms with Crippen LogP contribution < -0.4 is 0 Å². The maximum atomic E-state index is 11.4. The summed E-state index contributed by atoms with van der Waals surface area (Å²) in [6.45, 7) is 5.66. The Balaban J connectivity index is 2.45. The van der Waals surface area contributed by atoms with Gasteiger partial charge < -0.3 is 4.74 Å². The van der Waals surface area contributed by atoms with E-state index in [1.807, 2.05) is 32.5 Å². The normalized spacial score (nSPS) is 20.9. The molecule has 1 aliphatic rings. The van der Waals surface area contributed by atoms with Crippen LogP contribution in [0, 0.1) is 0 Å². The van der Waals surface area contributed by atoms with E-state index in [2.05, 4.69) is 0 Å². The van der Waals surface area contributed by atoms with E-state index in [0.717, 1.165) is 12.2 Å². The fourth-order valence-corrected chi connectivity index (χ4v) is 2.27. The third kappa shape index (κ3) is 4.70. The zero-order valence-electron chi connectivity index (χ0n) is 9.13. The van der Waals surface area contributed by atoms with E-state index in [-0.39, 0.29) is 11.6 Å². The average Bonchev–Trinajstić information content (AvgIpc) is 2.02. The third-order valence-corrected chi connectivity index (χ3v) is 2.96. The Kier molecular flexibility index (Phi) is 4.05. The molecule has 0 aromatic rings. The predicted molar refractivity (Wildman–Crippen MR) is 60.5 cm³/mol. The molecule has 0 N–H and O–H groups in total. The van der Waals surface area contributed by atoms with Crippen LogP contribution in [0.1, 0.15) is 33.6 Å². The van der Waals surface area contributed by atoms with Crippen molar-refractivity contribution in [1.82, 2.24) is 0 Å². The van der Waals surface area contributed by atoms with Gasteiger partial charge in [-0.2, -0.15) is 11.8 Å². The maximum absolute atomic E-state index is 11.4. The largest absolute Gasteiger partial charge is 0.457 e. The number of hydrogen-bond acceptors (Lipinski definition) is 3. The van der Waals surface area contributed by atoms with Gasteiger partial charge in [0.2, 0.25) is 0 Å². The van der Waals surface area contributed by atoms with Gasteiger partial charge in [0.05, 0.1) is 0 Å². The standard InChI is InChI=1S/C11H18O2S/c1-11(2,3)13-10(12)7-9-5-4-6-14-8-9/h7H,4-6,8H2,1-3H3/b9-7-. The fraction of sp³-hybridized carbons (Fsp3) is 0.727. The molecule has 0 aliphatic carbocycles. The summed E-state index contributed by atoms with van der Waals surface area (Å²) in [6.07, 6.45) is 3.89. The van der Waals surface area contributed by atoms with Crippen LogP contribution in [0.15, 0.2) is 11.6 Å². The lowest BCUT2D eigenvalue weighted by Crippen LogP contribution is -2.23. The highest BCUT2D eigenvalue weighted by atomic mass is 32.2. The summed E-state index contributed by atoms with van der Waals surface area (Å²) in [5, 5.41) is 0. The van der Waals surface area contributed by atoms with Crippen molar-refractivity contribution in [3.63, 3.8) is 0 Å². The van der Waals surface area contributed by atoms with Crippen molar-refractivity contribution in [3.05, 3.63) is 11.6 Å². The van der Waals surface area contributed by atoms with Gasteiger partial charge in [-0.1, -0.05) is 5.57 Å². The Morgan fingerprint density at radius 1 is 1.50 bits per heavy atom. The second kappa shape index (κ2) is 4.87. The highest BCUT2D eigenvalue weighted by Crippen LogP contribution is 2.22. The van der Waals surface area contributed by atoms with E-state index < -0.39 is 0 Å². The molecule has 3 heteroatoms. The first-order valence-corrected chi connectivity index (χ1v) is 6.13. The summed E-state index contributed by atoms with van der Waals surface area (Å²) in [5.41, 5.74) is 0.839. The fourth-order valence-electron chi connectivity index (χ4n) is 1.29. The minimum atomic E-state index is -0.379. The van der Waals surface area contributed by atoms with E-state index in [9.17, 15) is 4.79 Å². The highest BCUT2D eigenvalue weighted by molar-refractivity contribution is 7.99. The topological polar surface area (TPSA) is 26.3 Å². The molecule has 1 aliphatic heterocycles. The molecule has 14 heavy (non-hydrogen) atoms. The van der Waals surface area contributed by atoms with Gasteiger partial charge in [0, 0.05) is 11.8 Å². The van der Waals surface area contributed by atoms with E-state index in [4.69, 9.17) is 4.74 Å². The van der Waals surface area contributed by atoms with Crippen molar-refractivity contribution in [2.75, 3.05) is 11.5 Å². The molecule has 1 saturated heterocycles. The number of thioether (sulfide) groups is 1. The summed E-state index contributed by atoms with van der Waals surface area (Å²) >= 11 is 1.89. The van der Waals surface area contributed by atoms with Crippen LogP contribution >= 0.6 is 11.8 Å². The molecule has 1 rings (SSSR count). The summed E-state index contributed by atoms with van der Waals surface area (Å²) in [5.74, 6) is 2.00. The number of carbonyl (C=O) groups excluding carboxylic acids is 1. The van der Waals surface area contributed by atoms with Crippen LogP contribution in [-0.4, -0.2) is 23.1 Å². The van der Waals surface area contributed by atoms with Crippen molar-refractivity contribution in [2.24, 2.45) is 0 Å². The molecular formula is C11H18O2S. The Hall–Kier alpha value is -0.440. The van der Waals surface area contributed by atoms with Crippen LogP contribution in [0.4, 0.5) is 0 Å². The lowest BCUT2D eigenvalue weighted by Gasteiger charge is -2.19.